The maximum atomic E-state index is 9.27. The van der Waals surface area contributed by atoms with Gasteiger partial charge in [-0.25, -0.2) is 0 Å². The lowest BCUT2D eigenvalue weighted by Crippen LogP contribution is -2.21. The summed E-state index contributed by atoms with van der Waals surface area (Å²) in [5.41, 5.74) is 7.36. The van der Waals surface area contributed by atoms with Crippen molar-refractivity contribution in [3.8, 4) is 5.75 Å². The van der Waals surface area contributed by atoms with E-state index in [9.17, 15) is 5.11 Å². The molecule has 4 nitrogen and oxygen atoms in total. The number of rotatable bonds is 5. The van der Waals surface area contributed by atoms with Crippen molar-refractivity contribution in [1.82, 2.24) is 0 Å². The number of anilines is 2. The molecule has 4 N–H and O–H groups in total. The molecule has 1 aromatic carbocycles. The monoisotopic (exact) mass is 224 g/mol. The first-order valence-corrected chi connectivity index (χ1v) is 5.41. The summed E-state index contributed by atoms with van der Waals surface area (Å²) in [4.78, 5) is 0. The van der Waals surface area contributed by atoms with E-state index < -0.39 is 0 Å². The van der Waals surface area contributed by atoms with E-state index in [1.165, 1.54) is 0 Å². The highest BCUT2D eigenvalue weighted by Gasteiger charge is 2.08. The minimum atomic E-state index is -0.325. The van der Waals surface area contributed by atoms with Crippen molar-refractivity contribution in [3.63, 3.8) is 0 Å². The fourth-order valence-electron chi connectivity index (χ4n) is 1.62. The standard InChI is InChI=1S/C12H20N2O2/c1-8(6-9(2)15)14-12-7-10(16-3)4-5-11(12)13/h4-5,7-9,14-15H,6,13H2,1-3H3. The van der Waals surface area contributed by atoms with Gasteiger partial charge in [0.2, 0.25) is 0 Å². The third kappa shape index (κ3) is 3.62. The Labute approximate surface area is 96.4 Å². The van der Waals surface area contributed by atoms with Crippen LogP contribution in [0.3, 0.4) is 0 Å². The van der Waals surface area contributed by atoms with Crippen LogP contribution in [0.2, 0.25) is 0 Å². The molecule has 0 heterocycles. The first-order chi connectivity index (χ1) is 7.52. The third-order valence-corrected chi connectivity index (χ3v) is 2.36. The lowest BCUT2D eigenvalue weighted by atomic mass is 10.1. The second-order valence-electron chi connectivity index (χ2n) is 4.08. The molecule has 0 saturated carbocycles. The first-order valence-electron chi connectivity index (χ1n) is 5.41. The minimum Gasteiger partial charge on any atom is -0.497 e. The van der Waals surface area contributed by atoms with Crippen molar-refractivity contribution < 1.29 is 9.84 Å². The summed E-state index contributed by atoms with van der Waals surface area (Å²) in [6, 6.07) is 5.64. The van der Waals surface area contributed by atoms with Gasteiger partial charge in [-0.3, -0.25) is 0 Å². The van der Waals surface area contributed by atoms with Gasteiger partial charge >= 0.3 is 0 Å². The Morgan fingerprint density at radius 1 is 1.44 bits per heavy atom. The highest BCUT2D eigenvalue weighted by Crippen LogP contribution is 2.25. The highest BCUT2D eigenvalue weighted by molar-refractivity contribution is 5.68. The molecule has 4 heteroatoms. The summed E-state index contributed by atoms with van der Waals surface area (Å²) < 4.78 is 5.13. The average molecular weight is 224 g/mol. The van der Waals surface area contributed by atoms with E-state index in [1.807, 2.05) is 19.1 Å². The van der Waals surface area contributed by atoms with Crippen LogP contribution in [-0.4, -0.2) is 24.4 Å². The van der Waals surface area contributed by atoms with Crippen LogP contribution in [0.1, 0.15) is 20.3 Å². The van der Waals surface area contributed by atoms with E-state index in [-0.39, 0.29) is 12.1 Å². The van der Waals surface area contributed by atoms with Gasteiger partial charge in [0.1, 0.15) is 5.75 Å². The molecule has 90 valence electrons. The van der Waals surface area contributed by atoms with Crippen LogP contribution in [0, 0.1) is 0 Å². The topological polar surface area (TPSA) is 67.5 Å². The van der Waals surface area contributed by atoms with Gasteiger partial charge in [-0.05, 0) is 32.4 Å². The van der Waals surface area contributed by atoms with Gasteiger partial charge in [-0.15, -0.1) is 0 Å². The molecule has 16 heavy (non-hydrogen) atoms. The molecule has 0 amide bonds. The van der Waals surface area contributed by atoms with Gasteiger partial charge < -0.3 is 20.9 Å². The average Bonchev–Trinajstić information content (AvgIpc) is 2.20. The molecular weight excluding hydrogens is 204 g/mol. The molecule has 2 atom stereocenters. The zero-order valence-corrected chi connectivity index (χ0v) is 10.0. The quantitative estimate of drug-likeness (QED) is 0.668. The van der Waals surface area contributed by atoms with Gasteiger partial charge in [0.15, 0.2) is 0 Å². The number of nitrogens with two attached hydrogens (primary N) is 1. The van der Waals surface area contributed by atoms with Gasteiger partial charge in [0.25, 0.3) is 0 Å². The Kier molecular flexibility index (Phi) is 4.43. The van der Waals surface area contributed by atoms with Crippen LogP contribution in [0.25, 0.3) is 0 Å². The molecule has 1 aromatic rings. The van der Waals surface area contributed by atoms with E-state index in [0.29, 0.717) is 12.1 Å². The predicted octanol–water partition coefficient (Wildman–Crippen LogP) is 1.85. The number of nitrogen functional groups attached to an aromatic ring is 1. The predicted molar refractivity (Wildman–Crippen MR) is 66.8 cm³/mol. The number of aliphatic hydroxyl groups excluding tert-OH is 1. The van der Waals surface area contributed by atoms with Crippen LogP contribution in [0.4, 0.5) is 11.4 Å². The summed E-state index contributed by atoms with van der Waals surface area (Å²) in [5, 5.41) is 12.5. The fourth-order valence-corrected chi connectivity index (χ4v) is 1.62. The zero-order valence-electron chi connectivity index (χ0n) is 10.0. The number of methoxy groups -OCH3 is 1. The van der Waals surface area contributed by atoms with Crippen molar-refractivity contribution >= 4 is 11.4 Å². The summed E-state index contributed by atoms with van der Waals surface area (Å²) in [7, 11) is 1.62. The normalized spacial score (nSPS) is 14.2. The molecule has 0 spiro atoms. The lowest BCUT2D eigenvalue weighted by molar-refractivity contribution is 0.179. The zero-order chi connectivity index (χ0) is 12.1. The first kappa shape index (κ1) is 12.6. The molecule has 0 saturated heterocycles. The van der Waals surface area contributed by atoms with Crippen LogP contribution in [0.5, 0.6) is 5.75 Å². The third-order valence-electron chi connectivity index (χ3n) is 2.36. The van der Waals surface area contributed by atoms with Crippen LogP contribution in [0.15, 0.2) is 18.2 Å². The van der Waals surface area contributed by atoms with Crippen molar-refractivity contribution in [1.29, 1.82) is 0 Å². The Bertz CT molecular complexity index is 340. The lowest BCUT2D eigenvalue weighted by Gasteiger charge is -2.18. The second kappa shape index (κ2) is 5.61. The Hall–Kier alpha value is -1.42. The number of hydrogen-bond acceptors (Lipinski definition) is 4. The van der Waals surface area contributed by atoms with Gasteiger partial charge in [0.05, 0.1) is 24.6 Å². The van der Waals surface area contributed by atoms with E-state index in [2.05, 4.69) is 5.32 Å². The Balaban J connectivity index is 2.71. The molecule has 0 aliphatic rings. The second-order valence-corrected chi connectivity index (χ2v) is 4.08. The maximum absolute atomic E-state index is 9.27. The Morgan fingerprint density at radius 3 is 2.69 bits per heavy atom. The van der Waals surface area contributed by atoms with Gasteiger partial charge in [-0.1, -0.05) is 0 Å². The highest BCUT2D eigenvalue weighted by atomic mass is 16.5. The number of nitrogens with one attached hydrogen (secondary N) is 1. The van der Waals surface area contributed by atoms with E-state index in [0.717, 1.165) is 11.4 Å². The number of benzene rings is 1. The molecule has 0 bridgehead atoms. The van der Waals surface area contributed by atoms with E-state index in [4.69, 9.17) is 10.5 Å². The van der Waals surface area contributed by atoms with Crippen LogP contribution >= 0.6 is 0 Å². The molecule has 0 aliphatic heterocycles. The summed E-state index contributed by atoms with van der Waals surface area (Å²) in [5.74, 6) is 0.765. The smallest absolute Gasteiger partial charge is 0.121 e. The van der Waals surface area contributed by atoms with Crippen molar-refractivity contribution in [3.05, 3.63) is 18.2 Å². The SMILES string of the molecule is COc1ccc(N)c(NC(C)CC(C)O)c1. The van der Waals surface area contributed by atoms with Crippen molar-refractivity contribution in [2.24, 2.45) is 0 Å². The number of ether oxygens (including phenoxy) is 1. The van der Waals surface area contributed by atoms with Crippen molar-refractivity contribution in [2.75, 3.05) is 18.2 Å². The van der Waals surface area contributed by atoms with Gasteiger partial charge in [0, 0.05) is 12.1 Å². The molecule has 0 fully saturated rings. The Morgan fingerprint density at radius 2 is 2.12 bits per heavy atom. The van der Waals surface area contributed by atoms with E-state index >= 15 is 0 Å². The van der Waals surface area contributed by atoms with Crippen molar-refractivity contribution in [2.45, 2.75) is 32.4 Å². The van der Waals surface area contributed by atoms with Crippen LogP contribution in [-0.2, 0) is 0 Å². The maximum Gasteiger partial charge on any atom is 0.121 e. The molecule has 1 rings (SSSR count). The largest absolute Gasteiger partial charge is 0.497 e. The molecular formula is C12H20N2O2. The molecule has 0 aromatic heterocycles. The van der Waals surface area contributed by atoms with E-state index in [1.54, 1.807) is 20.1 Å². The van der Waals surface area contributed by atoms with Gasteiger partial charge in [-0.2, -0.15) is 0 Å². The minimum absolute atomic E-state index is 0.161. The number of hydrogen-bond donors (Lipinski definition) is 3. The molecule has 2 unspecified atom stereocenters. The van der Waals surface area contributed by atoms with Crippen LogP contribution < -0.4 is 15.8 Å². The molecule has 0 radical (unpaired) electrons. The fraction of sp³-hybridized carbons (Fsp3) is 0.500. The summed E-state index contributed by atoms with van der Waals surface area (Å²) >= 11 is 0. The summed E-state index contributed by atoms with van der Waals surface area (Å²) in [6.45, 7) is 3.78. The molecule has 0 aliphatic carbocycles. The summed E-state index contributed by atoms with van der Waals surface area (Å²) in [6.07, 6.45) is 0.353. The number of aliphatic hydroxyl groups is 1.